The predicted molar refractivity (Wildman–Crippen MR) is 56.6 cm³/mol. The van der Waals surface area contributed by atoms with Crippen LogP contribution in [-0.4, -0.2) is 6.54 Å². The van der Waals surface area contributed by atoms with Crippen molar-refractivity contribution in [3.8, 4) is 0 Å². The van der Waals surface area contributed by atoms with Crippen LogP contribution in [0.5, 0.6) is 0 Å². The average Bonchev–Trinajstić information content (AvgIpc) is 2.29. The summed E-state index contributed by atoms with van der Waals surface area (Å²) in [7, 11) is 0. The smallest absolute Gasteiger partial charge is 0.387 e. The Balaban J connectivity index is 2.26. The molecule has 84 valence electrons. The van der Waals surface area contributed by atoms with E-state index in [-0.39, 0.29) is 0 Å². The number of dihydropyridines is 1. The van der Waals surface area contributed by atoms with E-state index in [0.29, 0.717) is 6.54 Å². The molecule has 0 amide bonds. The molecule has 0 bridgehead atoms. The van der Waals surface area contributed by atoms with Gasteiger partial charge in [-0.3, -0.25) is 0 Å². The number of benzene rings is 1. The summed E-state index contributed by atoms with van der Waals surface area (Å²) in [6, 6.07) is 5.19. The van der Waals surface area contributed by atoms with Gasteiger partial charge in [-0.15, -0.1) is 0 Å². The SMILES string of the molecule is FC(F)(F)c1ccc(C2=CCNC=C2)cc1. The Labute approximate surface area is 91.3 Å². The van der Waals surface area contributed by atoms with Crippen molar-refractivity contribution < 1.29 is 13.2 Å². The summed E-state index contributed by atoms with van der Waals surface area (Å²) in [5, 5.41) is 2.98. The summed E-state index contributed by atoms with van der Waals surface area (Å²) in [6.45, 7) is 0.701. The first-order valence-corrected chi connectivity index (χ1v) is 4.85. The van der Waals surface area contributed by atoms with Crippen LogP contribution >= 0.6 is 0 Å². The van der Waals surface area contributed by atoms with Crippen LogP contribution in [-0.2, 0) is 6.18 Å². The Bertz CT molecular complexity index is 427. The zero-order valence-electron chi connectivity index (χ0n) is 8.38. The van der Waals surface area contributed by atoms with Crippen molar-refractivity contribution in [2.24, 2.45) is 0 Å². The molecule has 0 unspecified atom stereocenters. The van der Waals surface area contributed by atoms with Crippen molar-refractivity contribution in [1.29, 1.82) is 0 Å². The monoisotopic (exact) mass is 225 g/mol. The second-order valence-corrected chi connectivity index (χ2v) is 3.48. The van der Waals surface area contributed by atoms with E-state index in [1.807, 2.05) is 12.2 Å². The first-order chi connectivity index (χ1) is 7.57. The van der Waals surface area contributed by atoms with Crippen molar-refractivity contribution in [2.75, 3.05) is 6.54 Å². The molecule has 16 heavy (non-hydrogen) atoms. The highest BCUT2D eigenvalue weighted by Gasteiger charge is 2.29. The normalized spacial score (nSPS) is 15.6. The molecule has 1 aliphatic heterocycles. The molecule has 1 N–H and O–H groups in total. The lowest BCUT2D eigenvalue weighted by Crippen LogP contribution is -2.08. The lowest BCUT2D eigenvalue weighted by atomic mass is 10.0. The molecule has 1 heterocycles. The van der Waals surface area contributed by atoms with Gasteiger partial charge in [0.25, 0.3) is 0 Å². The minimum absolute atomic E-state index is 0.616. The topological polar surface area (TPSA) is 12.0 Å². The molecular formula is C12H10F3N. The molecule has 1 nitrogen and oxygen atoms in total. The molecule has 2 rings (SSSR count). The van der Waals surface area contributed by atoms with E-state index in [4.69, 9.17) is 0 Å². The summed E-state index contributed by atoms with van der Waals surface area (Å²) in [5.74, 6) is 0. The van der Waals surface area contributed by atoms with Crippen molar-refractivity contribution in [2.45, 2.75) is 6.18 Å². The lowest BCUT2D eigenvalue weighted by Gasteiger charge is -2.10. The molecule has 0 fully saturated rings. The summed E-state index contributed by atoms with van der Waals surface area (Å²) >= 11 is 0. The third-order valence-electron chi connectivity index (χ3n) is 2.37. The van der Waals surface area contributed by atoms with Crippen molar-refractivity contribution in [3.63, 3.8) is 0 Å². The predicted octanol–water partition coefficient (Wildman–Crippen LogP) is 3.21. The van der Waals surface area contributed by atoms with Crippen LogP contribution in [0, 0.1) is 0 Å². The van der Waals surface area contributed by atoms with Crippen LogP contribution in [0.4, 0.5) is 13.2 Å². The summed E-state index contributed by atoms with van der Waals surface area (Å²) in [4.78, 5) is 0. The molecule has 0 spiro atoms. The maximum atomic E-state index is 12.3. The minimum Gasteiger partial charge on any atom is -0.387 e. The zero-order valence-corrected chi connectivity index (χ0v) is 8.38. The molecule has 0 saturated carbocycles. The van der Waals surface area contributed by atoms with Crippen LogP contribution < -0.4 is 5.32 Å². The average molecular weight is 225 g/mol. The first kappa shape index (κ1) is 10.8. The van der Waals surface area contributed by atoms with Gasteiger partial charge in [-0.2, -0.15) is 13.2 Å². The van der Waals surface area contributed by atoms with Crippen LogP contribution in [0.1, 0.15) is 11.1 Å². The van der Waals surface area contributed by atoms with Gasteiger partial charge in [0.1, 0.15) is 0 Å². The van der Waals surface area contributed by atoms with E-state index in [2.05, 4.69) is 5.32 Å². The lowest BCUT2D eigenvalue weighted by molar-refractivity contribution is -0.137. The van der Waals surface area contributed by atoms with Crippen LogP contribution in [0.3, 0.4) is 0 Å². The molecule has 0 saturated heterocycles. The number of hydrogen-bond acceptors (Lipinski definition) is 1. The largest absolute Gasteiger partial charge is 0.416 e. The number of hydrogen-bond donors (Lipinski definition) is 1. The fourth-order valence-corrected chi connectivity index (χ4v) is 1.52. The molecule has 0 radical (unpaired) electrons. The van der Waals surface area contributed by atoms with Crippen LogP contribution in [0.25, 0.3) is 5.57 Å². The van der Waals surface area contributed by atoms with E-state index in [1.165, 1.54) is 12.1 Å². The van der Waals surface area contributed by atoms with E-state index >= 15 is 0 Å². The van der Waals surface area contributed by atoms with E-state index in [0.717, 1.165) is 23.3 Å². The van der Waals surface area contributed by atoms with Gasteiger partial charge in [0.2, 0.25) is 0 Å². The highest BCUT2D eigenvalue weighted by Crippen LogP contribution is 2.30. The second-order valence-electron chi connectivity index (χ2n) is 3.48. The molecule has 1 aromatic carbocycles. The number of allylic oxidation sites excluding steroid dienone is 2. The Morgan fingerprint density at radius 1 is 1.06 bits per heavy atom. The molecule has 0 atom stereocenters. The Morgan fingerprint density at radius 2 is 1.75 bits per heavy atom. The number of alkyl halides is 3. The van der Waals surface area contributed by atoms with E-state index < -0.39 is 11.7 Å². The molecule has 1 aliphatic rings. The fourth-order valence-electron chi connectivity index (χ4n) is 1.52. The van der Waals surface area contributed by atoms with E-state index in [1.54, 1.807) is 6.20 Å². The van der Waals surface area contributed by atoms with Crippen LogP contribution in [0.15, 0.2) is 42.6 Å². The summed E-state index contributed by atoms with van der Waals surface area (Å²) in [6.07, 6.45) is 1.29. The molecular weight excluding hydrogens is 215 g/mol. The maximum absolute atomic E-state index is 12.3. The summed E-state index contributed by atoms with van der Waals surface area (Å²) < 4.78 is 37.0. The molecule has 1 aromatic rings. The quantitative estimate of drug-likeness (QED) is 0.773. The third-order valence-corrected chi connectivity index (χ3v) is 2.37. The highest BCUT2D eigenvalue weighted by atomic mass is 19.4. The van der Waals surface area contributed by atoms with Crippen molar-refractivity contribution in [1.82, 2.24) is 5.32 Å². The number of halogens is 3. The van der Waals surface area contributed by atoms with Gasteiger partial charge in [-0.05, 0) is 35.5 Å². The first-order valence-electron chi connectivity index (χ1n) is 4.85. The van der Waals surface area contributed by atoms with Gasteiger partial charge in [-0.25, -0.2) is 0 Å². The highest BCUT2D eigenvalue weighted by molar-refractivity contribution is 5.74. The van der Waals surface area contributed by atoms with Gasteiger partial charge in [0, 0.05) is 6.54 Å². The van der Waals surface area contributed by atoms with Crippen LogP contribution in [0.2, 0.25) is 0 Å². The number of rotatable bonds is 1. The summed E-state index contributed by atoms with van der Waals surface area (Å²) in [5.41, 5.74) is 1.12. The minimum atomic E-state index is -4.27. The molecule has 0 aliphatic carbocycles. The van der Waals surface area contributed by atoms with Gasteiger partial charge in [0.15, 0.2) is 0 Å². The second kappa shape index (κ2) is 4.04. The molecule has 0 aromatic heterocycles. The van der Waals surface area contributed by atoms with Gasteiger partial charge in [0.05, 0.1) is 5.56 Å². The van der Waals surface area contributed by atoms with Crippen molar-refractivity contribution in [3.05, 3.63) is 53.7 Å². The Morgan fingerprint density at radius 3 is 2.25 bits per heavy atom. The Kier molecular flexibility index (Phi) is 2.73. The van der Waals surface area contributed by atoms with E-state index in [9.17, 15) is 13.2 Å². The Hall–Kier alpha value is -1.71. The van der Waals surface area contributed by atoms with Gasteiger partial charge >= 0.3 is 6.18 Å². The number of nitrogens with one attached hydrogen (secondary N) is 1. The van der Waals surface area contributed by atoms with Crippen molar-refractivity contribution >= 4 is 5.57 Å². The standard InChI is InChI=1S/C12H10F3N/c13-12(14,15)11-3-1-9(2-4-11)10-5-7-16-8-6-10/h1-7,16H,8H2. The van der Waals surface area contributed by atoms with Gasteiger partial charge < -0.3 is 5.32 Å². The zero-order chi connectivity index (χ0) is 11.6. The van der Waals surface area contributed by atoms with Gasteiger partial charge in [-0.1, -0.05) is 18.2 Å². The maximum Gasteiger partial charge on any atom is 0.416 e. The third kappa shape index (κ3) is 2.27. The fraction of sp³-hybridized carbons (Fsp3) is 0.167. The molecule has 4 heteroatoms.